The predicted molar refractivity (Wildman–Crippen MR) is 77.2 cm³/mol. The molecular formula is C15H20N4O. The number of ether oxygens (including phenoxy) is 1. The number of nitrogens with zero attached hydrogens (tertiary/aromatic N) is 3. The smallest absolute Gasteiger partial charge is 0.123 e. The van der Waals surface area contributed by atoms with Crippen LogP contribution in [0.2, 0.25) is 0 Å². The molecule has 0 saturated heterocycles. The van der Waals surface area contributed by atoms with Gasteiger partial charge in [-0.25, -0.2) is 4.98 Å². The zero-order valence-corrected chi connectivity index (χ0v) is 11.7. The van der Waals surface area contributed by atoms with Gasteiger partial charge in [0.25, 0.3) is 0 Å². The fourth-order valence-corrected chi connectivity index (χ4v) is 2.68. The Hall–Kier alpha value is -1.85. The minimum Gasteiger partial charge on any atom is -0.496 e. The van der Waals surface area contributed by atoms with Crippen LogP contribution in [0.1, 0.15) is 17.0 Å². The standard InChI is InChI=1S/C15H20N4O/c1-20-14-3-2-12(9-16)8-13(14)10-18-6-7-19-5-4-17-15(19)11-18/h2-5,8H,6-7,9-11,16H2,1H3. The van der Waals surface area contributed by atoms with Crippen LogP contribution in [0, 0.1) is 0 Å². The molecule has 5 heteroatoms. The lowest BCUT2D eigenvalue weighted by atomic mass is 10.1. The van der Waals surface area contributed by atoms with Crippen LogP contribution in [-0.4, -0.2) is 28.1 Å². The maximum absolute atomic E-state index is 5.72. The number of hydrogen-bond acceptors (Lipinski definition) is 4. The highest BCUT2D eigenvalue weighted by atomic mass is 16.5. The number of nitrogens with two attached hydrogens (primary N) is 1. The molecule has 0 aliphatic carbocycles. The van der Waals surface area contributed by atoms with E-state index in [2.05, 4.69) is 20.5 Å². The molecule has 1 aromatic carbocycles. The summed E-state index contributed by atoms with van der Waals surface area (Å²) in [7, 11) is 1.71. The van der Waals surface area contributed by atoms with Crippen LogP contribution in [-0.2, 0) is 26.2 Å². The van der Waals surface area contributed by atoms with E-state index in [1.165, 1.54) is 5.56 Å². The van der Waals surface area contributed by atoms with Gasteiger partial charge in [0, 0.05) is 44.1 Å². The van der Waals surface area contributed by atoms with E-state index in [0.717, 1.165) is 43.3 Å². The highest BCUT2D eigenvalue weighted by Crippen LogP contribution is 2.23. The second-order valence-electron chi connectivity index (χ2n) is 5.10. The van der Waals surface area contributed by atoms with Gasteiger partial charge in [0.15, 0.2) is 0 Å². The molecular weight excluding hydrogens is 252 g/mol. The van der Waals surface area contributed by atoms with Crippen molar-refractivity contribution in [3.05, 3.63) is 47.5 Å². The summed E-state index contributed by atoms with van der Waals surface area (Å²) < 4.78 is 7.66. The van der Waals surface area contributed by atoms with Crippen molar-refractivity contribution in [1.29, 1.82) is 0 Å². The highest BCUT2D eigenvalue weighted by molar-refractivity contribution is 5.37. The maximum atomic E-state index is 5.72. The SMILES string of the molecule is COc1ccc(CN)cc1CN1CCn2ccnc2C1. The van der Waals surface area contributed by atoms with E-state index in [-0.39, 0.29) is 0 Å². The molecule has 0 spiro atoms. The van der Waals surface area contributed by atoms with Crippen molar-refractivity contribution in [3.8, 4) is 5.75 Å². The zero-order chi connectivity index (χ0) is 13.9. The van der Waals surface area contributed by atoms with Crippen LogP contribution in [0.5, 0.6) is 5.75 Å². The summed E-state index contributed by atoms with van der Waals surface area (Å²) in [5, 5.41) is 0. The van der Waals surface area contributed by atoms with Gasteiger partial charge in [-0.3, -0.25) is 4.90 Å². The van der Waals surface area contributed by atoms with Gasteiger partial charge in [0.2, 0.25) is 0 Å². The maximum Gasteiger partial charge on any atom is 0.123 e. The fourth-order valence-electron chi connectivity index (χ4n) is 2.68. The average molecular weight is 272 g/mol. The molecule has 2 aromatic rings. The van der Waals surface area contributed by atoms with Crippen molar-refractivity contribution in [2.45, 2.75) is 26.2 Å². The molecule has 1 aliphatic heterocycles. The Balaban J connectivity index is 1.78. The summed E-state index contributed by atoms with van der Waals surface area (Å²) in [5.74, 6) is 2.06. The molecule has 1 aliphatic rings. The minimum atomic E-state index is 0.557. The van der Waals surface area contributed by atoms with Crippen LogP contribution in [0.3, 0.4) is 0 Å². The van der Waals surface area contributed by atoms with Crippen molar-refractivity contribution in [2.75, 3.05) is 13.7 Å². The number of hydrogen-bond donors (Lipinski definition) is 1. The van der Waals surface area contributed by atoms with Gasteiger partial charge in [-0.05, 0) is 17.7 Å². The average Bonchev–Trinajstić information content (AvgIpc) is 2.94. The summed E-state index contributed by atoms with van der Waals surface area (Å²) in [6, 6.07) is 6.16. The van der Waals surface area contributed by atoms with Crippen molar-refractivity contribution in [1.82, 2.24) is 14.5 Å². The summed E-state index contributed by atoms with van der Waals surface area (Å²) in [6.45, 7) is 4.32. The third-order valence-corrected chi connectivity index (χ3v) is 3.80. The first-order chi connectivity index (χ1) is 9.80. The Bertz CT molecular complexity index is 593. The summed E-state index contributed by atoms with van der Waals surface area (Å²) in [6.07, 6.45) is 3.91. The lowest BCUT2D eigenvalue weighted by molar-refractivity contribution is 0.206. The second-order valence-corrected chi connectivity index (χ2v) is 5.10. The largest absolute Gasteiger partial charge is 0.496 e. The molecule has 3 rings (SSSR count). The Labute approximate surface area is 119 Å². The van der Waals surface area contributed by atoms with Crippen molar-refractivity contribution in [3.63, 3.8) is 0 Å². The zero-order valence-electron chi connectivity index (χ0n) is 11.7. The fraction of sp³-hybridized carbons (Fsp3) is 0.400. The monoisotopic (exact) mass is 272 g/mol. The third-order valence-electron chi connectivity index (χ3n) is 3.80. The Kier molecular flexibility index (Phi) is 3.71. The van der Waals surface area contributed by atoms with Crippen LogP contribution in [0.25, 0.3) is 0 Å². The molecule has 0 atom stereocenters. The molecule has 0 radical (unpaired) electrons. The number of methoxy groups -OCH3 is 1. The summed E-state index contributed by atoms with van der Waals surface area (Å²) in [5.41, 5.74) is 8.05. The number of benzene rings is 1. The molecule has 2 N–H and O–H groups in total. The molecule has 0 unspecified atom stereocenters. The summed E-state index contributed by atoms with van der Waals surface area (Å²) >= 11 is 0. The normalized spacial score (nSPS) is 15.1. The Morgan fingerprint density at radius 2 is 2.25 bits per heavy atom. The first-order valence-electron chi connectivity index (χ1n) is 6.88. The molecule has 1 aromatic heterocycles. The Morgan fingerprint density at radius 1 is 1.35 bits per heavy atom. The van der Waals surface area contributed by atoms with Crippen molar-refractivity contribution < 1.29 is 4.74 Å². The van der Waals surface area contributed by atoms with Gasteiger partial charge in [-0.1, -0.05) is 6.07 Å². The van der Waals surface area contributed by atoms with Gasteiger partial charge in [0.05, 0.1) is 13.7 Å². The van der Waals surface area contributed by atoms with Crippen LogP contribution in [0.4, 0.5) is 0 Å². The third kappa shape index (κ3) is 2.55. The van der Waals surface area contributed by atoms with E-state index in [1.54, 1.807) is 7.11 Å². The van der Waals surface area contributed by atoms with E-state index in [9.17, 15) is 0 Å². The van der Waals surface area contributed by atoms with E-state index in [0.29, 0.717) is 6.54 Å². The number of rotatable bonds is 4. The molecule has 106 valence electrons. The van der Waals surface area contributed by atoms with Gasteiger partial charge >= 0.3 is 0 Å². The van der Waals surface area contributed by atoms with Crippen LogP contribution >= 0.6 is 0 Å². The number of imidazole rings is 1. The first-order valence-corrected chi connectivity index (χ1v) is 6.88. The minimum absolute atomic E-state index is 0.557. The molecule has 0 saturated carbocycles. The number of aromatic nitrogens is 2. The first kappa shape index (κ1) is 13.1. The van der Waals surface area contributed by atoms with Gasteiger partial charge in [-0.2, -0.15) is 0 Å². The Morgan fingerprint density at radius 3 is 3.05 bits per heavy atom. The van der Waals surface area contributed by atoms with E-state index >= 15 is 0 Å². The quantitative estimate of drug-likeness (QED) is 0.913. The van der Waals surface area contributed by atoms with E-state index in [1.807, 2.05) is 24.5 Å². The molecule has 0 bridgehead atoms. The molecule has 5 nitrogen and oxygen atoms in total. The van der Waals surface area contributed by atoms with Gasteiger partial charge < -0.3 is 15.0 Å². The van der Waals surface area contributed by atoms with Crippen LogP contribution < -0.4 is 10.5 Å². The van der Waals surface area contributed by atoms with E-state index < -0.39 is 0 Å². The van der Waals surface area contributed by atoms with Crippen molar-refractivity contribution in [2.24, 2.45) is 5.73 Å². The number of fused-ring (bicyclic) bond motifs is 1. The van der Waals surface area contributed by atoms with Crippen molar-refractivity contribution >= 4 is 0 Å². The molecule has 20 heavy (non-hydrogen) atoms. The second kappa shape index (κ2) is 5.64. The highest BCUT2D eigenvalue weighted by Gasteiger charge is 2.18. The molecule has 0 fully saturated rings. The molecule has 0 amide bonds. The summed E-state index contributed by atoms with van der Waals surface area (Å²) in [4.78, 5) is 6.78. The lowest BCUT2D eigenvalue weighted by Gasteiger charge is -2.28. The van der Waals surface area contributed by atoms with Gasteiger partial charge in [-0.15, -0.1) is 0 Å². The molecule has 2 heterocycles. The lowest BCUT2D eigenvalue weighted by Crippen LogP contribution is -2.33. The predicted octanol–water partition coefficient (Wildman–Crippen LogP) is 1.37. The van der Waals surface area contributed by atoms with Gasteiger partial charge in [0.1, 0.15) is 11.6 Å². The topological polar surface area (TPSA) is 56.3 Å². The van der Waals surface area contributed by atoms with Crippen LogP contribution in [0.15, 0.2) is 30.6 Å². The van der Waals surface area contributed by atoms with E-state index in [4.69, 9.17) is 10.5 Å².